The average Bonchev–Trinajstić information content (AvgIpc) is 3.29. The molecule has 2 aromatic heterocycles. The molecule has 0 N–H and O–H groups in total. The van der Waals surface area contributed by atoms with Gasteiger partial charge in [-0.05, 0) is 37.0 Å². The van der Waals surface area contributed by atoms with Crippen molar-refractivity contribution >= 4 is 5.91 Å². The first-order valence-corrected chi connectivity index (χ1v) is 9.55. The van der Waals surface area contributed by atoms with E-state index < -0.39 is 0 Å². The summed E-state index contributed by atoms with van der Waals surface area (Å²) >= 11 is 0. The minimum atomic E-state index is 0.00749. The molecule has 7 nitrogen and oxygen atoms in total. The quantitative estimate of drug-likeness (QED) is 0.660. The Morgan fingerprint density at radius 2 is 1.96 bits per heavy atom. The Kier molecular flexibility index (Phi) is 5.72. The Morgan fingerprint density at radius 3 is 2.79 bits per heavy atom. The highest BCUT2D eigenvalue weighted by atomic mass is 16.5. The number of carbonyl (C=O) groups excluding carboxylic acids is 1. The third-order valence-electron chi connectivity index (χ3n) is 4.94. The summed E-state index contributed by atoms with van der Waals surface area (Å²) in [5.74, 6) is 0.636. The maximum absolute atomic E-state index is 13.0. The Morgan fingerprint density at radius 1 is 1.14 bits per heavy atom. The van der Waals surface area contributed by atoms with Crippen LogP contribution in [0.2, 0.25) is 0 Å². The molecule has 0 spiro atoms. The molecule has 0 unspecified atom stereocenters. The van der Waals surface area contributed by atoms with Crippen LogP contribution in [-0.2, 0) is 11.2 Å². The maximum atomic E-state index is 13.0. The molecule has 1 aliphatic heterocycles. The zero-order chi connectivity index (χ0) is 19.2. The Balaban J connectivity index is 1.35. The molecule has 0 radical (unpaired) electrons. The molecule has 28 heavy (non-hydrogen) atoms. The third-order valence-corrected chi connectivity index (χ3v) is 4.94. The molecule has 0 saturated carbocycles. The van der Waals surface area contributed by atoms with Gasteiger partial charge in [0.15, 0.2) is 0 Å². The van der Waals surface area contributed by atoms with Crippen molar-refractivity contribution in [2.24, 2.45) is 0 Å². The number of amides is 1. The van der Waals surface area contributed by atoms with E-state index in [1.54, 1.807) is 35.6 Å². The van der Waals surface area contributed by atoms with Crippen LogP contribution in [0.5, 0.6) is 0 Å². The van der Waals surface area contributed by atoms with Crippen LogP contribution in [0.1, 0.15) is 28.8 Å². The van der Waals surface area contributed by atoms with Crippen molar-refractivity contribution in [1.29, 1.82) is 0 Å². The minimum absolute atomic E-state index is 0.00749. The van der Waals surface area contributed by atoms with Crippen molar-refractivity contribution < 1.29 is 9.53 Å². The van der Waals surface area contributed by atoms with E-state index in [9.17, 15) is 4.79 Å². The van der Waals surface area contributed by atoms with Crippen LogP contribution in [0.15, 0.2) is 61.3 Å². The summed E-state index contributed by atoms with van der Waals surface area (Å²) in [6, 6.07) is 14.0. The summed E-state index contributed by atoms with van der Waals surface area (Å²) in [6.07, 6.45) is 7.87. The largest absolute Gasteiger partial charge is 0.375 e. The molecule has 3 heterocycles. The second-order valence-electron chi connectivity index (χ2n) is 6.89. The van der Waals surface area contributed by atoms with E-state index in [0.29, 0.717) is 31.1 Å². The lowest BCUT2D eigenvalue weighted by Gasteiger charge is -2.33. The first kappa shape index (κ1) is 18.3. The van der Waals surface area contributed by atoms with Gasteiger partial charge in [-0.15, -0.1) is 10.2 Å². The van der Waals surface area contributed by atoms with Crippen molar-refractivity contribution in [3.8, 4) is 5.82 Å². The monoisotopic (exact) mass is 377 g/mol. The third kappa shape index (κ3) is 4.43. The van der Waals surface area contributed by atoms with Crippen molar-refractivity contribution in [2.75, 3.05) is 19.7 Å². The Hall–Kier alpha value is -3.06. The second-order valence-corrected chi connectivity index (χ2v) is 6.89. The highest BCUT2D eigenvalue weighted by Crippen LogP contribution is 2.16. The Bertz CT molecular complexity index is 898. The van der Waals surface area contributed by atoms with Gasteiger partial charge in [-0.25, -0.2) is 4.98 Å². The number of morpholine rings is 1. The van der Waals surface area contributed by atoms with Gasteiger partial charge in [0.05, 0.1) is 12.7 Å². The van der Waals surface area contributed by atoms with Crippen molar-refractivity contribution in [2.45, 2.75) is 25.4 Å². The van der Waals surface area contributed by atoms with Crippen LogP contribution in [-0.4, -0.2) is 56.4 Å². The number of aromatic nitrogens is 4. The van der Waals surface area contributed by atoms with Gasteiger partial charge in [0.2, 0.25) is 0 Å². The molecule has 1 fully saturated rings. The number of hydrogen-bond donors (Lipinski definition) is 0. The van der Waals surface area contributed by atoms with Crippen LogP contribution in [0.3, 0.4) is 0 Å². The predicted molar refractivity (Wildman–Crippen MR) is 104 cm³/mol. The number of aryl methyl sites for hydroxylation is 1. The van der Waals surface area contributed by atoms with E-state index in [2.05, 4.69) is 39.4 Å². The van der Waals surface area contributed by atoms with E-state index in [-0.39, 0.29) is 12.0 Å². The molecule has 0 aliphatic carbocycles. The maximum Gasteiger partial charge on any atom is 0.254 e. The molecule has 1 amide bonds. The highest BCUT2D eigenvalue weighted by molar-refractivity contribution is 5.94. The summed E-state index contributed by atoms with van der Waals surface area (Å²) in [4.78, 5) is 19.1. The highest BCUT2D eigenvalue weighted by Gasteiger charge is 2.25. The summed E-state index contributed by atoms with van der Waals surface area (Å²) in [5, 5.41) is 7.57. The number of benzene rings is 1. The topological polar surface area (TPSA) is 73.1 Å². The fourth-order valence-electron chi connectivity index (χ4n) is 3.45. The van der Waals surface area contributed by atoms with Crippen LogP contribution in [0, 0.1) is 0 Å². The van der Waals surface area contributed by atoms with Crippen LogP contribution in [0.4, 0.5) is 0 Å². The zero-order valence-corrected chi connectivity index (χ0v) is 15.6. The van der Waals surface area contributed by atoms with Crippen LogP contribution in [0.25, 0.3) is 5.82 Å². The van der Waals surface area contributed by atoms with E-state index in [4.69, 9.17) is 4.74 Å². The van der Waals surface area contributed by atoms with E-state index in [1.807, 2.05) is 11.0 Å². The second kappa shape index (κ2) is 8.75. The van der Waals surface area contributed by atoms with Gasteiger partial charge in [0, 0.05) is 24.8 Å². The number of ether oxygens (including phenoxy) is 1. The number of nitrogens with zero attached hydrogens (tertiary/aromatic N) is 5. The lowest BCUT2D eigenvalue weighted by atomic mass is 10.0. The number of hydrogen-bond acceptors (Lipinski definition) is 5. The molecule has 1 atom stereocenters. The lowest BCUT2D eigenvalue weighted by molar-refractivity contribution is -0.0255. The van der Waals surface area contributed by atoms with Crippen molar-refractivity contribution in [1.82, 2.24) is 24.6 Å². The average molecular weight is 377 g/mol. The fourth-order valence-corrected chi connectivity index (χ4v) is 3.45. The van der Waals surface area contributed by atoms with Gasteiger partial charge in [-0.3, -0.25) is 9.36 Å². The number of pyridine rings is 1. The number of rotatable bonds is 6. The number of carbonyl (C=O) groups is 1. The predicted octanol–water partition coefficient (Wildman–Crippen LogP) is 2.53. The molecule has 1 saturated heterocycles. The molecule has 144 valence electrons. The van der Waals surface area contributed by atoms with Gasteiger partial charge in [0.1, 0.15) is 18.5 Å². The molecule has 4 rings (SSSR count). The lowest BCUT2D eigenvalue weighted by Crippen LogP contribution is -2.45. The van der Waals surface area contributed by atoms with Crippen molar-refractivity contribution in [3.63, 3.8) is 0 Å². The summed E-state index contributed by atoms with van der Waals surface area (Å²) in [7, 11) is 0. The molecule has 3 aromatic rings. The smallest absolute Gasteiger partial charge is 0.254 e. The molecular weight excluding hydrogens is 354 g/mol. The fraction of sp³-hybridized carbons (Fsp3) is 0.333. The Labute approximate surface area is 164 Å². The van der Waals surface area contributed by atoms with Gasteiger partial charge in [0.25, 0.3) is 5.91 Å². The van der Waals surface area contributed by atoms with E-state index in [0.717, 1.165) is 19.3 Å². The SMILES string of the molecule is O=C(c1ccnc(-n2cnnc2)c1)N1CCO[C@H](CCCc2ccccc2)C1. The zero-order valence-electron chi connectivity index (χ0n) is 15.6. The van der Waals surface area contributed by atoms with Gasteiger partial charge >= 0.3 is 0 Å². The van der Waals surface area contributed by atoms with Crippen LogP contribution < -0.4 is 0 Å². The first-order chi connectivity index (χ1) is 13.8. The summed E-state index contributed by atoms with van der Waals surface area (Å²) < 4.78 is 7.57. The standard InChI is InChI=1S/C21H23N5O2/c27-21(18-9-10-22-20(13-18)26-15-23-24-16-26)25-11-12-28-19(14-25)8-4-7-17-5-2-1-3-6-17/h1-3,5-6,9-10,13,15-16,19H,4,7-8,11-12,14H2/t19-/m1/s1. The first-order valence-electron chi connectivity index (χ1n) is 9.55. The normalized spacial score (nSPS) is 16.9. The van der Waals surface area contributed by atoms with Crippen molar-refractivity contribution in [3.05, 3.63) is 72.4 Å². The van der Waals surface area contributed by atoms with Gasteiger partial charge in [-0.1, -0.05) is 30.3 Å². The summed E-state index contributed by atoms with van der Waals surface area (Å²) in [5.41, 5.74) is 1.95. The van der Waals surface area contributed by atoms with E-state index in [1.165, 1.54) is 5.56 Å². The minimum Gasteiger partial charge on any atom is -0.375 e. The molecule has 0 bridgehead atoms. The van der Waals surface area contributed by atoms with Gasteiger partial charge in [-0.2, -0.15) is 0 Å². The van der Waals surface area contributed by atoms with Crippen LogP contribution >= 0.6 is 0 Å². The van der Waals surface area contributed by atoms with Gasteiger partial charge < -0.3 is 9.64 Å². The molecule has 7 heteroatoms. The summed E-state index contributed by atoms with van der Waals surface area (Å²) in [6.45, 7) is 1.81. The molecule has 1 aromatic carbocycles. The van der Waals surface area contributed by atoms with E-state index >= 15 is 0 Å². The molecule has 1 aliphatic rings. The molecular formula is C21H23N5O2.